The molecule has 0 bridgehead atoms. The summed E-state index contributed by atoms with van der Waals surface area (Å²) in [5.41, 5.74) is 0.606. The lowest BCUT2D eigenvalue weighted by atomic mass is 10.1. The maximum atomic E-state index is 12.8. The molecule has 0 spiro atoms. The van der Waals surface area contributed by atoms with Gasteiger partial charge in [0.1, 0.15) is 5.69 Å². The van der Waals surface area contributed by atoms with E-state index in [1.54, 1.807) is 25.4 Å². The first kappa shape index (κ1) is 17.9. The van der Waals surface area contributed by atoms with Gasteiger partial charge in [0.25, 0.3) is 0 Å². The third kappa shape index (κ3) is 4.41. The van der Waals surface area contributed by atoms with Crippen LogP contribution in [0, 0.1) is 0 Å². The molecule has 25 heavy (non-hydrogen) atoms. The Bertz CT molecular complexity index is 587. The Morgan fingerprint density at radius 1 is 1.40 bits per heavy atom. The van der Waals surface area contributed by atoms with Gasteiger partial charge in [0.05, 0.1) is 19.3 Å². The van der Waals surface area contributed by atoms with E-state index in [1.165, 1.54) is 0 Å². The SMILES string of the molecule is COc1ncccc1NC(=O)N1CCCC1CN1CC(C)OC(C)C1. The fourth-order valence-corrected chi connectivity index (χ4v) is 3.86. The predicted octanol–water partition coefficient (Wildman–Crippen LogP) is 2.20. The summed E-state index contributed by atoms with van der Waals surface area (Å²) >= 11 is 0. The topological polar surface area (TPSA) is 66.9 Å². The molecule has 2 amide bonds. The Hall–Kier alpha value is -1.86. The summed E-state index contributed by atoms with van der Waals surface area (Å²) < 4.78 is 11.0. The minimum Gasteiger partial charge on any atom is -0.480 e. The molecule has 3 rings (SSSR count). The van der Waals surface area contributed by atoms with Gasteiger partial charge in [-0.15, -0.1) is 0 Å². The van der Waals surface area contributed by atoms with Crippen molar-refractivity contribution in [1.82, 2.24) is 14.8 Å². The number of amides is 2. The van der Waals surface area contributed by atoms with Crippen LogP contribution in [0.15, 0.2) is 18.3 Å². The molecule has 7 heteroatoms. The number of urea groups is 1. The van der Waals surface area contributed by atoms with Crippen molar-refractivity contribution in [2.45, 2.75) is 44.9 Å². The van der Waals surface area contributed by atoms with Gasteiger partial charge in [-0.25, -0.2) is 9.78 Å². The number of ether oxygens (including phenoxy) is 2. The van der Waals surface area contributed by atoms with Gasteiger partial charge < -0.3 is 19.7 Å². The van der Waals surface area contributed by atoms with Crippen LogP contribution in [0.3, 0.4) is 0 Å². The molecular formula is C18H28N4O3. The van der Waals surface area contributed by atoms with E-state index >= 15 is 0 Å². The number of likely N-dealkylation sites (tertiary alicyclic amines) is 1. The highest BCUT2D eigenvalue weighted by Crippen LogP contribution is 2.24. The minimum atomic E-state index is -0.0804. The number of morpholine rings is 1. The Morgan fingerprint density at radius 3 is 2.88 bits per heavy atom. The molecule has 2 saturated heterocycles. The van der Waals surface area contributed by atoms with E-state index in [4.69, 9.17) is 9.47 Å². The van der Waals surface area contributed by atoms with Crippen LogP contribution < -0.4 is 10.1 Å². The van der Waals surface area contributed by atoms with Crippen LogP contribution in [0.1, 0.15) is 26.7 Å². The van der Waals surface area contributed by atoms with Crippen molar-refractivity contribution in [3.8, 4) is 5.88 Å². The van der Waals surface area contributed by atoms with Crippen LogP contribution in [0.25, 0.3) is 0 Å². The minimum absolute atomic E-state index is 0.0804. The van der Waals surface area contributed by atoms with Crippen LogP contribution in [0.4, 0.5) is 10.5 Å². The molecule has 3 heterocycles. The second-order valence-corrected chi connectivity index (χ2v) is 6.96. The predicted molar refractivity (Wildman–Crippen MR) is 96.0 cm³/mol. The lowest BCUT2D eigenvalue weighted by Gasteiger charge is -2.38. The van der Waals surface area contributed by atoms with E-state index in [-0.39, 0.29) is 24.3 Å². The van der Waals surface area contributed by atoms with Crippen LogP contribution >= 0.6 is 0 Å². The molecule has 2 aliphatic heterocycles. The largest absolute Gasteiger partial charge is 0.480 e. The van der Waals surface area contributed by atoms with Crippen LogP contribution in [-0.4, -0.2) is 72.4 Å². The molecule has 3 unspecified atom stereocenters. The molecule has 0 radical (unpaired) electrons. The molecule has 3 atom stereocenters. The van der Waals surface area contributed by atoms with Crippen LogP contribution in [-0.2, 0) is 4.74 Å². The van der Waals surface area contributed by atoms with Crippen molar-refractivity contribution in [2.24, 2.45) is 0 Å². The van der Waals surface area contributed by atoms with E-state index in [0.29, 0.717) is 11.6 Å². The third-order valence-electron chi connectivity index (χ3n) is 4.81. The number of aromatic nitrogens is 1. The molecule has 0 aromatic carbocycles. The highest BCUT2D eigenvalue weighted by molar-refractivity contribution is 5.90. The van der Waals surface area contributed by atoms with Crippen LogP contribution in [0.2, 0.25) is 0 Å². The monoisotopic (exact) mass is 348 g/mol. The first-order valence-electron chi connectivity index (χ1n) is 9.01. The number of hydrogen-bond acceptors (Lipinski definition) is 5. The molecule has 2 fully saturated rings. The molecule has 1 N–H and O–H groups in total. The maximum absolute atomic E-state index is 12.8. The molecule has 1 aromatic rings. The van der Waals surface area contributed by atoms with Gasteiger partial charge in [-0.1, -0.05) is 0 Å². The first-order chi connectivity index (χ1) is 12.1. The van der Waals surface area contributed by atoms with E-state index in [2.05, 4.69) is 29.0 Å². The number of carbonyl (C=O) groups is 1. The lowest BCUT2D eigenvalue weighted by molar-refractivity contribution is -0.0712. The van der Waals surface area contributed by atoms with Crippen LogP contribution in [0.5, 0.6) is 5.88 Å². The number of rotatable bonds is 4. The van der Waals surface area contributed by atoms with Crippen molar-refractivity contribution >= 4 is 11.7 Å². The summed E-state index contributed by atoms with van der Waals surface area (Å²) in [5.74, 6) is 0.433. The summed E-state index contributed by atoms with van der Waals surface area (Å²) in [6, 6.07) is 3.75. The number of hydrogen-bond donors (Lipinski definition) is 1. The molecule has 0 aliphatic carbocycles. The fraction of sp³-hybridized carbons (Fsp3) is 0.667. The molecular weight excluding hydrogens is 320 g/mol. The van der Waals surface area contributed by atoms with Gasteiger partial charge >= 0.3 is 6.03 Å². The normalized spacial score (nSPS) is 27.3. The van der Waals surface area contributed by atoms with Gasteiger partial charge in [0.15, 0.2) is 0 Å². The van der Waals surface area contributed by atoms with Crippen molar-refractivity contribution in [3.05, 3.63) is 18.3 Å². The Morgan fingerprint density at radius 2 is 2.16 bits per heavy atom. The standard InChI is InChI=1S/C18H28N4O3/c1-13-10-21(11-14(2)25-13)12-15-6-5-9-22(15)18(23)20-16-7-4-8-19-17(16)24-3/h4,7-8,13-15H,5-6,9-12H2,1-3H3,(H,20,23). The molecule has 2 aliphatic rings. The zero-order valence-corrected chi connectivity index (χ0v) is 15.3. The Kier molecular flexibility index (Phi) is 5.75. The Balaban J connectivity index is 1.61. The number of anilines is 1. The highest BCUT2D eigenvalue weighted by Gasteiger charge is 2.32. The maximum Gasteiger partial charge on any atom is 0.322 e. The van der Waals surface area contributed by atoms with E-state index in [1.807, 2.05) is 4.90 Å². The highest BCUT2D eigenvalue weighted by atomic mass is 16.5. The molecule has 138 valence electrons. The van der Waals surface area contributed by atoms with Gasteiger partial charge in [-0.3, -0.25) is 4.90 Å². The molecule has 1 aromatic heterocycles. The third-order valence-corrected chi connectivity index (χ3v) is 4.81. The van der Waals surface area contributed by atoms with E-state index < -0.39 is 0 Å². The number of nitrogens with zero attached hydrogens (tertiary/aromatic N) is 3. The van der Waals surface area contributed by atoms with Crippen molar-refractivity contribution in [2.75, 3.05) is 38.6 Å². The van der Waals surface area contributed by atoms with Gasteiger partial charge in [0.2, 0.25) is 5.88 Å². The smallest absolute Gasteiger partial charge is 0.322 e. The van der Waals surface area contributed by atoms with Crippen molar-refractivity contribution in [3.63, 3.8) is 0 Å². The number of carbonyl (C=O) groups excluding carboxylic acids is 1. The second kappa shape index (κ2) is 8.01. The quantitative estimate of drug-likeness (QED) is 0.903. The Labute approximate surface area is 149 Å². The van der Waals surface area contributed by atoms with Crippen molar-refractivity contribution < 1.29 is 14.3 Å². The summed E-state index contributed by atoms with van der Waals surface area (Å²) in [7, 11) is 1.55. The lowest BCUT2D eigenvalue weighted by Crippen LogP contribution is -2.51. The molecule has 7 nitrogen and oxygen atoms in total. The number of pyridine rings is 1. The first-order valence-corrected chi connectivity index (χ1v) is 9.01. The second-order valence-electron chi connectivity index (χ2n) is 6.96. The summed E-state index contributed by atoms with van der Waals surface area (Å²) in [6.07, 6.45) is 4.21. The number of nitrogens with one attached hydrogen (secondary N) is 1. The average Bonchev–Trinajstić information content (AvgIpc) is 3.02. The van der Waals surface area contributed by atoms with Gasteiger partial charge in [-0.2, -0.15) is 0 Å². The summed E-state index contributed by atoms with van der Waals surface area (Å²) in [4.78, 5) is 21.2. The summed E-state index contributed by atoms with van der Waals surface area (Å²) in [6.45, 7) is 7.75. The zero-order chi connectivity index (χ0) is 17.8. The fourth-order valence-electron chi connectivity index (χ4n) is 3.86. The number of methoxy groups -OCH3 is 1. The van der Waals surface area contributed by atoms with Gasteiger partial charge in [0, 0.05) is 38.4 Å². The van der Waals surface area contributed by atoms with E-state index in [9.17, 15) is 4.79 Å². The summed E-state index contributed by atoms with van der Waals surface area (Å²) in [5, 5.41) is 2.94. The zero-order valence-electron chi connectivity index (χ0n) is 15.3. The average molecular weight is 348 g/mol. The van der Waals surface area contributed by atoms with E-state index in [0.717, 1.165) is 39.0 Å². The van der Waals surface area contributed by atoms with Crippen molar-refractivity contribution in [1.29, 1.82) is 0 Å². The van der Waals surface area contributed by atoms with Gasteiger partial charge in [-0.05, 0) is 38.8 Å². The molecule has 0 saturated carbocycles.